The number of hydrogen-bond acceptors (Lipinski definition) is 2. The number of rotatable bonds is 3. The predicted octanol–water partition coefficient (Wildman–Crippen LogP) is 3.74. The lowest BCUT2D eigenvalue weighted by atomic mass is 10.2. The summed E-state index contributed by atoms with van der Waals surface area (Å²) in [6, 6.07) is 1.83. The Morgan fingerprint density at radius 2 is 1.38 bits per heavy atom. The van der Waals surface area contributed by atoms with Crippen LogP contribution in [-0.4, -0.2) is 11.1 Å². The fraction of sp³-hybridized carbons (Fsp3) is 0.889. The molecule has 1 N–H and O–H groups in total. The summed E-state index contributed by atoms with van der Waals surface area (Å²) >= 11 is 0. The van der Waals surface area contributed by atoms with Crippen LogP contribution in [-0.2, 0) is 4.79 Å². The zero-order chi connectivity index (χ0) is 18.1. The molecule has 6 saturated carbocycles. The number of carboxylic acids is 1. The van der Waals surface area contributed by atoms with Gasteiger partial charge in [0.2, 0.25) is 0 Å². The molecule has 3 nitrogen and oxygen atoms in total. The summed E-state index contributed by atoms with van der Waals surface area (Å²) in [4.78, 5) is 10.8. The van der Waals surface area contributed by atoms with Crippen molar-refractivity contribution in [3.05, 3.63) is 0 Å². The van der Waals surface area contributed by atoms with Crippen LogP contribution >= 0.6 is 0 Å². The van der Waals surface area contributed by atoms with Gasteiger partial charge in [0.05, 0.1) is 6.07 Å². The molecule has 0 aromatic carbocycles. The number of nitrogens with zero attached hydrogens (tertiary/aromatic N) is 1. The molecule has 0 atom stereocenters. The zero-order valence-electron chi connectivity index (χ0n) is 16.1. The third-order valence-electron chi connectivity index (χ3n) is 7.66. The molecule has 0 bridgehead atoms. The molecule has 4 spiro atoms. The van der Waals surface area contributed by atoms with Crippen molar-refractivity contribution >= 4 is 5.97 Å². The molecule has 0 heterocycles. The molecule has 0 saturated heterocycles. The molecule has 6 aliphatic carbocycles. The maximum absolute atomic E-state index is 10.8. The molecule has 21 heavy (non-hydrogen) atoms. The standard InChI is InChI=1S/C9H11N.C9H12O2/c10-6-1-7-8(2-3-8)9(7)4-5-9;10-7(11)5-6-8(1-2-8)9(6)3-4-9/h7H,1-5H2;6H,1-5H2,(H,10,11)/i1D2;5D2. The van der Waals surface area contributed by atoms with Crippen molar-refractivity contribution in [3.63, 3.8) is 0 Å². The van der Waals surface area contributed by atoms with Gasteiger partial charge in [-0.2, -0.15) is 5.26 Å². The summed E-state index contributed by atoms with van der Waals surface area (Å²) in [6.07, 6.45) is 5.43. The highest BCUT2D eigenvalue weighted by molar-refractivity contribution is 5.69. The lowest BCUT2D eigenvalue weighted by Gasteiger charge is -1.88. The van der Waals surface area contributed by atoms with Gasteiger partial charge in [-0.05, 0) is 84.9 Å². The Bertz CT molecular complexity index is 688. The van der Waals surface area contributed by atoms with E-state index in [0.717, 1.165) is 25.7 Å². The zero-order valence-corrected chi connectivity index (χ0v) is 12.1. The monoisotopic (exact) mass is 289 g/mol. The molecular weight excluding hydrogens is 262 g/mol. The third kappa shape index (κ3) is 1.33. The molecule has 6 fully saturated rings. The molecule has 3 heteroatoms. The van der Waals surface area contributed by atoms with Crippen LogP contribution < -0.4 is 0 Å². The molecule has 0 aromatic rings. The lowest BCUT2D eigenvalue weighted by Crippen LogP contribution is -1.97. The van der Waals surface area contributed by atoms with Crippen LogP contribution in [0, 0.1) is 44.8 Å². The van der Waals surface area contributed by atoms with Crippen molar-refractivity contribution in [2.45, 2.75) is 64.1 Å². The smallest absolute Gasteiger partial charge is 0.303 e. The van der Waals surface area contributed by atoms with Gasteiger partial charge in [-0.15, -0.1) is 0 Å². The fourth-order valence-electron chi connectivity index (χ4n) is 5.90. The molecule has 0 radical (unpaired) electrons. The number of hydrogen-bond donors (Lipinski definition) is 1. The van der Waals surface area contributed by atoms with Gasteiger partial charge >= 0.3 is 5.97 Å². The van der Waals surface area contributed by atoms with Gasteiger partial charge in [0, 0.05) is 18.2 Å². The van der Waals surface area contributed by atoms with Gasteiger partial charge in [-0.1, -0.05) is 0 Å². The van der Waals surface area contributed by atoms with Crippen LogP contribution in [0.15, 0.2) is 0 Å². The Kier molecular flexibility index (Phi) is 1.45. The molecule has 0 aliphatic heterocycles. The molecule has 112 valence electrons. The van der Waals surface area contributed by atoms with Crippen molar-refractivity contribution in [2.75, 3.05) is 0 Å². The minimum atomic E-state index is -1.98. The van der Waals surface area contributed by atoms with E-state index in [9.17, 15) is 4.79 Å². The van der Waals surface area contributed by atoms with Crippen LogP contribution in [0.3, 0.4) is 0 Å². The quantitative estimate of drug-likeness (QED) is 0.861. The summed E-state index contributed by atoms with van der Waals surface area (Å²) in [5.41, 5.74) is 0.891. The predicted molar refractivity (Wildman–Crippen MR) is 76.1 cm³/mol. The van der Waals surface area contributed by atoms with Crippen LogP contribution in [0.4, 0.5) is 0 Å². The first kappa shape index (κ1) is 9.18. The van der Waals surface area contributed by atoms with E-state index in [4.69, 9.17) is 15.9 Å². The Morgan fingerprint density at radius 1 is 1.00 bits per heavy atom. The maximum atomic E-state index is 10.8. The van der Waals surface area contributed by atoms with Crippen LogP contribution in [0.1, 0.15) is 69.6 Å². The van der Waals surface area contributed by atoms with E-state index in [2.05, 4.69) is 0 Å². The van der Waals surface area contributed by atoms with Crippen molar-refractivity contribution in [3.8, 4) is 6.07 Å². The van der Waals surface area contributed by atoms with Gasteiger partial charge in [0.15, 0.2) is 0 Å². The fourth-order valence-corrected chi connectivity index (χ4v) is 5.90. The first-order chi connectivity index (χ1) is 11.6. The maximum Gasteiger partial charge on any atom is 0.303 e. The van der Waals surface area contributed by atoms with E-state index in [1.807, 2.05) is 6.07 Å². The molecule has 6 aliphatic rings. The Morgan fingerprint density at radius 3 is 1.67 bits per heavy atom. The van der Waals surface area contributed by atoms with E-state index >= 15 is 0 Å². The Labute approximate surface area is 131 Å². The lowest BCUT2D eigenvalue weighted by molar-refractivity contribution is -0.137. The second-order valence-corrected chi connectivity index (χ2v) is 8.20. The summed E-state index contributed by atoms with van der Waals surface area (Å²) in [5.74, 6) is -1.36. The average Bonchev–Trinajstić information content (AvgIpc) is 3.38. The average molecular weight is 289 g/mol. The number of carbonyl (C=O) groups is 1. The topological polar surface area (TPSA) is 61.1 Å². The van der Waals surface area contributed by atoms with Gasteiger partial charge in [-0.25, -0.2) is 0 Å². The Balaban J connectivity index is 0.000000112. The second-order valence-electron chi connectivity index (χ2n) is 8.20. The minimum absolute atomic E-state index is 0.0856. The second kappa shape index (κ2) is 3.31. The molecular formula is C18H23NO2. The molecule has 0 amide bonds. The summed E-state index contributed by atoms with van der Waals surface area (Å²) in [5, 5.41) is 17.5. The number of fused-ring (bicyclic) bond motifs is 2. The third-order valence-corrected chi connectivity index (χ3v) is 7.66. The summed E-state index contributed by atoms with van der Waals surface area (Å²) in [7, 11) is 0. The van der Waals surface area contributed by atoms with E-state index in [1.165, 1.54) is 25.7 Å². The highest BCUT2D eigenvalue weighted by Crippen LogP contribution is 2.93. The van der Waals surface area contributed by atoms with E-state index in [1.54, 1.807) is 0 Å². The van der Waals surface area contributed by atoms with Crippen molar-refractivity contribution in [1.29, 1.82) is 5.26 Å². The normalized spacial score (nSPS) is 44.3. The SMILES string of the molecule is [2H]C([2H])(C#N)C1C2(CC2)C12CC2.[2H]C([2H])(C(=O)O)C1C2(CC2)C12CC2. The van der Waals surface area contributed by atoms with Crippen LogP contribution in [0.2, 0.25) is 0 Å². The van der Waals surface area contributed by atoms with Gasteiger partial charge in [-0.3, -0.25) is 4.79 Å². The van der Waals surface area contributed by atoms with Gasteiger partial charge < -0.3 is 5.11 Å². The Hall–Kier alpha value is -1.04. The highest BCUT2D eigenvalue weighted by Gasteiger charge is 2.86. The summed E-state index contributed by atoms with van der Waals surface area (Å²) in [6.45, 7) is 0. The van der Waals surface area contributed by atoms with Crippen molar-refractivity contribution < 1.29 is 15.4 Å². The van der Waals surface area contributed by atoms with Gasteiger partial charge in [0.25, 0.3) is 0 Å². The summed E-state index contributed by atoms with van der Waals surface area (Å²) < 4.78 is 30.3. The van der Waals surface area contributed by atoms with Crippen molar-refractivity contribution in [2.24, 2.45) is 33.5 Å². The first-order valence-electron chi connectivity index (χ1n) is 10.2. The van der Waals surface area contributed by atoms with Gasteiger partial charge in [0.1, 0.15) is 0 Å². The minimum Gasteiger partial charge on any atom is -0.481 e. The molecule has 0 aromatic heterocycles. The largest absolute Gasteiger partial charge is 0.481 e. The number of aliphatic carboxylic acids is 1. The number of nitriles is 1. The van der Waals surface area contributed by atoms with E-state index in [0.29, 0.717) is 10.8 Å². The molecule has 0 unspecified atom stereocenters. The first-order valence-corrected chi connectivity index (χ1v) is 8.21. The van der Waals surface area contributed by atoms with Crippen LogP contribution in [0.5, 0.6) is 0 Å². The number of carboxylic acid groups (broad SMARTS) is 1. The van der Waals surface area contributed by atoms with Crippen LogP contribution in [0.25, 0.3) is 0 Å². The molecule has 6 rings (SSSR count). The van der Waals surface area contributed by atoms with Crippen molar-refractivity contribution in [1.82, 2.24) is 0 Å². The van der Waals surface area contributed by atoms with E-state index in [-0.39, 0.29) is 22.7 Å². The van der Waals surface area contributed by atoms with E-state index < -0.39 is 18.7 Å². The highest BCUT2D eigenvalue weighted by atomic mass is 16.4.